The molecule has 0 radical (unpaired) electrons. The number of benzene rings is 2. The first-order valence-electron chi connectivity index (χ1n) is 5.92. The summed E-state index contributed by atoms with van der Waals surface area (Å²) < 4.78 is 27.2. The van der Waals surface area contributed by atoms with Crippen LogP contribution in [0.3, 0.4) is 0 Å². The Bertz CT molecular complexity index is 597. The lowest BCUT2D eigenvalue weighted by molar-refractivity contribution is 0.557. The fraction of sp³-hybridized carbons (Fsp3) is 0.200. The molecule has 19 heavy (non-hydrogen) atoms. The van der Waals surface area contributed by atoms with Crippen molar-refractivity contribution in [3.8, 4) is 0 Å². The molecule has 0 spiro atoms. The maximum atomic E-state index is 13.9. The van der Waals surface area contributed by atoms with Gasteiger partial charge in [-0.15, -0.1) is 0 Å². The van der Waals surface area contributed by atoms with E-state index in [0.29, 0.717) is 5.02 Å². The van der Waals surface area contributed by atoms with Crippen LogP contribution in [0.1, 0.15) is 22.7 Å². The van der Waals surface area contributed by atoms with Gasteiger partial charge in [-0.3, -0.25) is 0 Å². The van der Waals surface area contributed by atoms with Crippen molar-refractivity contribution in [1.82, 2.24) is 5.32 Å². The van der Waals surface area contributed by atoms with Crippen molar-refractivity contribution in [3.05, 3.63) is 69.7 Å². The van der Waals surface area contributed by atoms with E-state index in [0.717, 1.165) is 23.3 Å². The summed E-state index contributed by atoms with van der Waals surface area (Å²) in [5.41, 5.74) is 1.96. The van der Waals surface area contributed by atoms with Crippen molar-refractivity contribution in [3.63, 3.8) is 0 Å². The van der Waals surface area contributed by atoms with E-state index in [4.69, 9.17) is 11.6 Å². The van der Waals surface area contributed by atoms with Gasteiger partial charge in [0.1, 0.15) is 11.6 Å². The number of rotatable bonds is 3. The summed E-state index contributed by atoms with van der Waals surface area (Å²) >= 11 is 6.08. The third kappa shape index (κ3) is 2.77. The summed E-state index contributed by atoms with van der Waals surface area (Å²) in [7, 11) is 1.70. The molecule has 1 atom stereocenters. The van der Waals surface area contributed by atoms with Gasteiger partial charge in [0.25, 0.3) is 0 Å². The summed E-state index contributed by atoms with van der Waals surface area (Å²) in [5, 5.41) is 3.61. The fourth-order valence-electron chi connectivity index (χ4n) is 2.15. The SMILES string of the molecule is CNC(c1cc(F)ccc1F)c1cccc(Cl)c1C. The van der Waals surface area contributed by atoms with Gasteiger partial charge in [-0.05, 0) is 49.4 Å². The predicted octanol–water partition coefficient (Wildman–Crippen LogP) is 4.24. The van der Waals surface area contributed by atoms with E-state index in [-0.39, 0.29) is 5.56 Å². The van der Waals surface area contributed by atoms with Crippen molar-refractivity contribution in [1.29, 1.82) is 0 Å². The average molecular weight is 282 g/mol. The summed E-state index contributed by atoms with van der Waals surface area (Å²) in [6.07, 6.45) is 0. The minimum absolute atomic E-state index is 0.271. The van der Waals surface area contributed by atoms with E-state index in [1.165, 1.54) is 6.07 Å². The molecule has 100 valence electrons. The van der Waals surface area contributed by atoms with Crippen molar-refractivity contribution >= 4 is 11.6 Å². The van der Waals surface area contributed by atoms with Crippen LogP contribution in [-0.2, 0) is 0 Å². The largest absolute Gasteiger partial charge is 0.309 e. The molecule has 0 aliphatic heterocycles. The summed E-state index contributed by atoms with van der Waals surface area (Å²) in [5.74, 6) is -0.906. The summed E-state index contributed by atoms with van der Waals surface area (Å²) in [6, 6.07) is 8.44. The molecule has 0 amide bonds. The molecule has 0 aliphatic rings. The van der Waals surface area contributed by atoms with Gasteiger partial charge in [-0.25, -0.2) is 8.78 Å². The first-order valence-corrected chi connectivity index (χ1v) is 6.29. The average Bonchev–Trinajstić information content (AvgIpc) is 2.39. The van der Waals surface area contributed by atoms with Gasteiger partial charge in [0.05, 0.1) is 6.04 Å². The van der Waals surface area contributed by atoms with Crippen LogP contribution < -0.4 is 5.32 Å². The molecule has 2 aromatic carbocycles. The van der Waals surface area contributed by atoms with Crippen LogP contribution in [0.25, 0.3) is 0 Å². The third-order valence-corrected chi connectivity index (χ3v) is 3.59. The smallest absolute Gasteiger partial charge is 0.128 e. The number of nitrogens with one attached hydrogen (secondary N) is 1. The number of hydrogen-bond acceptors (Lipinski definition) is 1. The van der Waals surface area contributed by atoms with Gasteiger partial charge in [-0.2, -0.15) is 0 Å². The molecule has 2 rings (SSSR count). The minimum atomic E-state index is -0.462. The van der Waals surface area contributed by atoms with Crippen LogP contribution in [-0.4, -0.2) is 7.05 Å². The van der Waals surface area contributed by atoms with Crippen LogP contribution in [0.4, 0.5) is 8.78 Å². The second-order valence-corrected chi connectivity index (χ2v) is 4.75. The Labute approximate surface area is 116 Å². The van der Waals surface area contributed by atoms with Crippen LogP contribution >= 0.6 is 11.6 Å². The van der Waals surface area contributed by atoms with E-state index in [2.05, 4.69) is 5.32 Å². The lowest BCUT2D eigenvalue weighted by Crippen LogP contribution is -2.20. The second kappa shape index (κ2) is 5.68. The van der Waals surface area contributed by atoms with E-state index in [1.54, 1.807) is 19.2 Å². The van der Waals surface area contributed by atoms with E-state index < -0.39 is 17.7 Å². The lowest BCUT2D eigenvalue weighted by atomic mass is 9.94. The molecule has 0 aliphatic carbocycles. The Hall–Kier alpha value is -1.45. The number of hydrogen-bond donors (Lipinski definition) is 1. The van der Waals surface area contributed by atoms with Gasteiger partial charge in [0.15, 0.2) is 0 Å². The van der Waals surface area contributed by atoms with Gasteiger partial charge < -0.3 is 5.32 Å². The van der Waals surface area contributed by atoms with Crippen LogP contribution in [0.5, 0.6) is 0 Å². The van der Waals surface area contributed by atoms with Crippen LogP contribution in [0, 0.1) is 18.6 Å². The van der Waals surface area contributed by atoms with E-state index in [9.17, 15) is 8.78 Å². The van der Waals surface area contributed by atoms with Gasteiger partial charge in [-0.1, -0.05) is 23.7 Å². The second-order valence-electron chi connectivity index (χ2n) is 4.34. The Balaban J connectivity index is 2.56. The molecule has 0 saturated heterocycles. The molecule has 0 heterocycles. The minimum Gasteiger partial charge on any atom is -0.309 e. The first-order chi connectivity index (χ1) is 9.04. The molecule has 0 aromatic heterocycles. The van der Waals surface area contributed by atoms with Crippen LogP contribution in [0.15, 0.2) is 36.4 Å². The molecule has 4 heteroatoms. The molecule has 2 aromatic rings. The summed E-state index contributed by atoms with van der Waals surface area (Å²) in [4.78, 5) is 0. The number of halogens is 3. The maximum Gasteiger partial charge on any atom is 0.128 e. The quantitative estimate of drug-likeness (QED) is 0.887. The standard InChI is InChI=1S/C15H14ClF2N/c1-9-11(4-3-5-13(9)16)15(19-2)12-8-10(17)6-7-14(12)18/h3-8,15,19H,1-2H3. The van der Waals surface area contributed by atoms with Crippen molar-refractivity contribution < 1.29 is 8.78 Å². The predicted molar refractivity (Wildman–Crippen MR) is 73.4 cm³/mol. The van der Waals surface area contributed by atoms with E-state index in [1.807, 2.05) is 13.0 Å². The monoisotopic (exact) mass is 281 g/mol. The van der Waals surface area contributed by atoms with E-state index >= 15 is 0 Å². The zero-order valence-electron chi connectivity index (χ0n) is 10.7. The highest BCUT2D eigenvalue weighted by Crippen LogP contribution is 2.30. The van der Waals surface area contributed by atoms with Crippen LogP contribution in [0.2, 0.25) is 5.02 Å². The molecule has 0 saturated carbocycles. The zero-order valence-corrected chi connectivity index (χ0v) is 11.4. The van der Waals surface area contributed by atoms with Crippen molar-refractivity contribution in [2.24, 2.45) is 0 Å². The normalized spacial score (nSPS) is 12.5. The molecular formula is C15H14ClF2N. The lowest BCUT2D eigenvalue weighted by Gasteiger charge is -2.20. The molecule has 0 bridgehead atoms. The van der Waals surface area contributed by atoms with Gasteiger partial charge in [0, 0.05) is 10.6 Å². The topological polar surface area (TPSA) is 12.0 Å². The molecule has 1 nitrogen and oxygen atoms in total. The molecule has 1 N–H and O–H groups in total. The Morgan fingerprint density at radius 2 is 1.84 bits per heavy atom. The zero-order chi connectivity index (χ0) is 14.0. The molecule has 0 fully saturated rings. The van der Waals surface area contributed by atoms with Crippen molar-refractivity contribution in [2.45, 2.75) is 13.0 Å². The highest BCUT2D eigenvalue weighted by Gasteiger charge is 2.19. The fourth-order valence-corrected chi connectivity index (χ4v) is 2.33. The highest BCUT2D eigenvalue weighted by molar-refractivity contribution is 6.31. The summed E-state index contributed by atoms with van der Waals surface area (Å²) in [6.45, 7) is 1.86. The molecule has 1 unspecified atom stereocenters. The van der Waals surface area contributed by atoms with Gasteiger partial charge in [0.2, 0.25) is 0 Å². The third-order valence-electron chi connectivity index (χ3n) is 3.18. The Morgan fingerprint density at radius 3 is 2.53 bits per heavy atom. The molecular weight excluding hydrogens is 268 g/mol. The van der Waals surface area contributed by atoms with Crippen molar-refractivity contribution in [2.75, 3.05) is 7.05 Å². The maximum absolute atomic E-state index is 13.9. The van der Waals surface area contributed by atoms with Gasteiger partial charge >= 0.3 is 0 Å². The highest BCUT2D eigenvalue weighted by atomic mass is 35.5. The first kappa shape index (κ1) is 14.0. The Kier molecular flexibility index (Phi) is 4.17. The Morgan fingerprint density at radius 1 is 1.11 bits per heavy atom.